The smallest absolute Gasteiger partial charge is 0.269 e. The molecule has 8 nitrogen and oxygen atoms in total. The molecule has 0 spiro atoms. The number of amides is 1. The fraction of sp³-hybridized carbons (Fsp3) is 0.158. The Labute approximate surface area is 159 Å². The average Bonchev–Trinajstić information content (AvgIpc) is 3.07. The molecule has 1 unspecified atom stereocenters. The molecule has 3 aromatic rings. The highest BCUT2D eigenvalue weighted by atomic mass is 19.1. The highest BCUT2D eigenvalue weighted by Gasteiger charge is 2.27. The maximum atomic E-state index is 14.3. The molecule has 5 N–H and O–H groups in total. The second-order valence-corrected chi connectivity index (χ2v) is 6.15. The van der Waals surface area contributed by atoms with Crippen LogP contribution in [0.2, 0.25) is 0 Å². The summed E-state index contributed by atoms with van der Waals surface area (Å²) in [5.74, 6) is 4.11. The van der Waals surface area contributed by atoms with E-state index in [-0.39, 0.29) is 23.0 Å². The van der Waals surface area contributed by atoms with Gasteiger partial charge in [-0.05, 0) is 19.1 Å². The van der Waals surface area contributed by atoms with E-state index in [1.54, 1.807) is 31.2 Å². The van der Waals surface area contributed by atoms with E-state index < -0.39 is 17.3 Å². The van der Waals surface area contributed by atoms with E-state index in [0.717, 1.165) is 6.07 Å². The van der Waals surface area contributed by atoms with Crippen LogP contribution in [0.5, 0.6) is 0 Å². The van der Waals surface area contributed by atoms with Crippen LogP contribution in [0.1, 0.15) is 34.8 Å². The van der Waals surface area contributed by atoms with E-state index in [9.17, 15) is 14.3 Å². The number of carbonyl (C=O) groups excluding carboxylic acids is 1. The van der Waals surface area contributed by atoms with Crippen LogP contribution in [0.4, 0.5) is 10.1 Å². The molecule has 3 rings (SSSR count). The second kappa shape index (κ2) is 7.09. The van der Waals surface area contributed by atoms with Crippen molar-refractivity contribution in [1.82, 2.24) is 15.2 Å². The third kappa shape index (κ3) is 3.82. The minimum atomic E-state index is -1.67. The molecule has 0 saturated heterocycles. The predicted molar refractivity (Wildman–Crippen MR) is 98.0 cm³/mol. The van der Waals surface area contributed by atoms with Gasteiger partial charge in [0.25, 0.3) is 11.8 Å². The molecule has 28 heavy (non-hydrogen) atoms. The van der Waals surface area contributed by atoms with E-state index in [1.807, 2.05) is 0 Å². The van der Waals surface area contributed by atoms with Crippen molar-refractivity contribution in [3.63, 3.8) is 0 Å². The number of rotatable bonds is 3. The highest BCUT2D eigenvalue weighted by molar-refractivity contribution is 5.96. The van der Waals surface area contributed by atoms with Crippen LogP contribution < -0.4 is 11.5 Å². The van der Waals surface area contributed by atoms with Crippen molar-refractivity contribution in [1.29, 1.82) is 0 Å². The van der Waals surface area contributed by atoms with Crippen LogP contribution in [0.15, 0.2) is 34.7 Å². The third-order valence-electron chi connectivity index (χ3n) is 3.77. The molecule has 0 bridgehead atoms. The lowest BCUT2D eigenvalue weighted by molar-refractivity contribution is 0.0881. The molecule has 0 fully saturated rings. The molecule has 142 valence electrons. The minimum absolute atomic E-state index is 0.0361. The van der Waals surface area contributed by atoms with Crippen molar-refractivity contribution in [3.05, 3.63) is 59.2 Å². The van der Waals surface area contributed by atoms with Crippen LogP contribution >= 0.6 is 0 Å². The molecule has 2 heterocycles. The molecule has 0 saturated carbocycles. The van der Waals surface area contributed by atoms with Gasteiger partial charge in [-0.1, -0.05) is 24.0 Å². The number of pyridine rings is 1. The number of nitrogens with two attached hydrogens (primary N) is 2. The van der Waals surface area contributed by atoms with Crippen LogP contribution in [0.3, 0.4) is 0 Å². The summed E-state index contributed by atoms with van der Waals surface area (Å²) in [5.41, 5.74) is 9.51. The molecule has 0 aliphatic rings. The van der Waals surface area contributed by atoms with Gasteiger partial charge in [0.05, 0.1) is 5.69 Å². The number of hydrogen-bond donors (Lipinski definition) is 3. The summed E-state index contributed by atoms with van der Waals surface area (Å²) in [7, 11) is 0. The first-order valence-corrected chi connectivity index (χ1v) is 8.10. The molecule has 0 aliphatic heterocycles. The van der Waals surface area contributed by atoms with Crippen molar-refractivity contribution in [2.75, 3.05) is 5.73 Å². The Kier molecular flexibility index (Phi) is 4.81. The topological polar surface area (TPSA) is 141 Å². The molecule has 1 aromatic carbocycles. The Bertz CT molecular complexity index is 1130. The fourth-order valence-corrected chi connectivity index (χ4v) is 2.39. The number of benzene rings is 1. The lowest BCUT2D eigenvalue weighted by Crippen LogP contribution is -2.19. The normalized spacial score (nSPS) is 12.7. The highest BCUT2D eigenvalue weighted by Crippen LogP contribution is 2.25. The summed E-state index contributed by atoms with van der Waals surface area (Å²) in [4.78, 5) is 15.4. The monoisotopic (exact) mass is 381 g/mol. The standard InChI is InChI=1S/C19H16FN5O3/c1-10-24-25-18(28-10)19(2,27)7-6-11-4-3-5-12(8-11)15-13(20)9-14(21)16(23-15)17(22)26/h3-5,8-9,27H,21H2,1-2H3,(H2,22,26). The predicted octanol–water partition coefficient (Wildman–Crippen LogP) is 1.52. The van der Waals surface area contributed by atoms with E-state index in [2.05, 4.69) is 27.0 Å². The zero-order valence-electron chi connectivity index (χ0n) is 15.0. The van der Waals surface area contributed by atoms with Crippen LogP contribution in [0.25, 0.3) is 11.3 Å². The fourth-order valence-electron chi connectivity index (χ4n) is 2.39. The van der Waals surface area contributed by atoms with Gasteiger partial charge in [0.1, 0.15) is 5.69 Å². The number of hydrogen-bond acceptors (Lipinski definition) is 7. The first-order chi connectivity index (χ1) is 13.2. The Balaban J connectivity index is 1.99. The Morgan fingerprint density at radius 2 is 2.07 bits per heavy atom. The van der Waals surface area contributed by atoms with E-state index in [1.165, 1.54) is 6.92 Å². The van der Waals surface area contributed by atoms with Gasteiger partial charge in [0.15, 0.2) is 11.5 Å². The molecular formula is C19H16FN5O3. The summed E-state index contributed by atoms with van der Waals surface area (Å²) in [6, 6.07) is 7.43. The molecule has 0 radical (unpaired) electrons. The maximum Gasteiger partial charge on any atom is 0.269 e. The number of anilines is 1. The van der Waals surface area contributed by atoms with Gasteiger partial charge in [0.2, 0.25) is 11.5 Å². The van der Waals surface area contributed by atoms with Crippen molar-refractivity contribution in [3.8, 4) is 23.1 Å². The number of aryl methyl sites for hydroxylation is 1. The van der Waals surface area contributed by atoms with Crippen LogP contribution in [-0.2, 0) is 5.60 Å². The van der Waals surface area contributed by atoms with Crippen molar-refractivity contribution in [2.45, 2.75) is 19.4 Å². The summed E-state index contributed by atoms with van der Waals surface area (Å²) in [6.07, 6.45) is 0. The van der Waals surface area contributed by atoms with Crippen molar-refractivity contribution in [2.24, 2.45) is 5.73 Å². The minimum Gasteiger partial charge on any atom is -0.421 e. The summed E-state index contributed by atoms with van der Waals surface area (Å²) < 4.78 is 19.5. The molecule has 2 aromatic heterocycles. The molecule has 1 atom stereocenters. The van der Waals surface area contributed by atoms with Gasteiger partial charge in [-0.3, -0.25) is 4.79 Å². The number of halogens is 1. The maximum absolute atomic E-state index is 14.3. The number of aromatic nitrogens is 3. The quantitative estimate of drug-likeness (QED) is 0.584. The number of carbonyl (C=O) groups is 1. The second-order valence-electron chi connectivity index (χ2n) is 6.15. The lowest BCUT2D eigenvalue weighted by atomic mass is 10.0. The number of primary amides is 1. The lowest BCUT2D eigenvalue weighted by Gasteiger charge is -2.10. The summed E-state index contributed by atoms with van der Waals surface area (Å²) in [6.45, 7) is 3.01. The summed E-state index contributed by atoms with van der Waals surface area (Å²) in [5, 5.41) is 17.8. The van der Waals surface area contributed by atoms with Crippen LogP contribution in [-0.4, -0.2) is 26.2 Å². The molecule has 0 aliphatic carbocycles. The van der Waals surface area contributed by atoms with Crippen molar-refractivity contribution >= 4 is 11.6 Å². The molecular weight excluding hydrogens is 365 g/mol. The van der Waals surface area contributed by atoms with Gasteiger partial charge in [-0.25, -0.2) is 9.37 Å². The van der Waals surface area contributed by atoms with Gasteiger partial charge in [-0.15, -0.1) is 10.2 Å². The summed E-state index contributed by atoms with van der Waals surface area (Å²) >= 11 is 0. The number of nitrogens with zero attached hydrogens (tertiary/aromatic N) is 3. The zero-order valence-corrected chi connectivity index (χ0v) is 15.0. The van der Waals surface area contributed by atoms with Gasteiger partial charge in [0, 0.05) is 24.1 Å². The van der Waals surface area contributed by atoms with E-state index in [0.29, 0.717) is 17.0 Å². The van der Waals surface area contributed by atoms with Crippen molar-refractivity contribution < 1.29 is 18.7 Å². The van der Waals surface area contributed by atoms with E-state index >= 15 is 0 Å². The zero-order chi connectivity index (χ0) is 20.5. The Hall–Kier alpha value is -3.77. The first kappa shape index (κ1) is 19.0. The number of aliphatic hydroxyl groups is 1. The van der Waals surface area contributed by atoms with Crippen LogP contribution in [0, 0.1) is 24.6 Å². The Morgan fingerprint density at radius 1 is 1.32 bits per heavy atom. The van der Waals surface area contributed by atoms with Gasteiger partial charge in [-0.2, -0.15) is 0 Å². The molecule has 1 amide bonds. The Morgan fingerprint density at radius 3 is 2.71 bits per heavy atom. The molecule has 9 heteroatoms. The largest absolute Gasteiger partial charge is 0.421 e. The van der Waals surface area contributed by atoms with E-state index in [4.69, 9.17) is 15.9 Å². The van der Waals surface area contributed by atoms with Gasteiger partial charge >= 0.3 is 0 Å². The average molecular weight is 381 g/mol. The van der Waals surface area contributed by atoms with Gasteiger partial charge < -0.3 is 21.0 Å². The third-order valence-corrected chi connectivity index (χ3v) is 3.77. The SMILES string of the molecule is Cc1nnc(C(C)(O)C#Cc2cccc(-c3nc(C(N)=O)c(N)cc3F)c2)o1. The number of nitrogen functional groups attached to an aromatic ring is 1. The first-order valence-electron chi connectivity index (χ1n) is 8.10.